The average Bonchev–Trinajstić information content (AvgIpc) is 3.33. The van der Waals surface area contributed by atoms with E-state index in [-0.39, 0.29) is 22.0 Å². The number of rotatable bonds is 4. The van der Waals surface area contributed by atoms with E-state index in [0.717, 1.165) is 12.8 Å². The van der Waals surface area contributed by atoms with Crippen LogP contribution in [0, 0.1) is 6.92 Å². The van der Waals surface area contributed by atoms with Crippen molar-refractivity contribution >= 4 is 32.5 Å². The summed E-state index contributed by atoms with van der Waals surface area (Å²) in [5.41, 5.74) is 0.539. The van der Waals surface area contributed by atoms with E-state index in [1.807, 2.05) is 0 Å². The molecule has 3 heterocycles. The number of furan rings is 1. The summed E-state index contributed by atoms with van der Waals surface area (Å²) in [7, 11) is -3.68. The lowest BCUT2D eigenvalue weighted by Crippen LogP contribution is -2.28. The first kappa shape index (κ1) is 18.4. The molecule has 9 nitrogen and oxygen atoms in total. The molecule has 28 heavy (non-hydrogen) atoms. The van der Waals surface area contributed by atoms with Gasteiger partial charge in [0.25, 0.3) is 11.5 Å². The van der Waals surface area contributed by atoms with Crippen molar-refractivity contribution in [3.63, 3.8) is 0 Å². The third-order valence-corrected chi connectivity index (χ3v) is 6.68. The Labute approximate surface area is 160 Å². The summed E-state index contributed by atoms with van der Waals surface area (Å²) >= 11 is 0. The van der Waals surface area contributed by atoms with E-state index in [9.17, 15) is 18.0 Å². The van der Waals surface area contributed by atoms with Crippen molar-refractivity contribution in [2.45, 2.75) is 24.7 Å². The molecule has 1 aromatic carbocycles. The zero-order valence-corrected chi connectivity index (χ0v) is 15.9. The van der Waals surface area contributed by atoms with Gasteiger partial charge in [-0.1, -0.05) is 0 Å². The number of carbonyl (C=O) groups excluding carboxylic acids is 1. The summed E-state index contributed by atoms with van der Waals surface area (Å²) in [4.78, 5) is 30.9. The first-order valence-electron chi connectivity index (χ1n) is 8.75. The van der Waals surface area contributed by atoms with Gasteiger partial charge in [-0.2, -0.15) is 4.31 Å². The molecule has 1 amide bonds. The second-order valence-corrected chi connectivity index (χ2v) is 8.47. The predicted molar refractivity (Wildman–Crippen MR) is 102 cm³/mol. The molecule has 3 aromatic rings. The molecule has 1 fully saturated rings. The number of hydrogen-bond acceptors (Lipinski definition) is 6. The maximum Gasteiger partial charge on any atom is 0.291 e. The van der Waals surface area contributed by atoms with Crippen LogP contribution in [0.4, 0.5) is 5.69 Å². The van der Waals surface area contributed by atoms with E-state index >= 15 is 0 Å². The van der Waals surface area contributed by atoms with Gasteiger partial charge in [0.15, 0.2) is 5.76 Å². The zero-order chi connectivity index (χ0) is 19.9. The molecule has 1 aliphatic heterocycles. The number of amides is 1. The molecule has 2 N–H and O–H groups in total. The molecule has 0 aliphatic carbocycles. The monoisotopic (exact) mass is 402 g/mol. The van der Waals surface area contributed by atoms with E-state index in [1.54, 1.807) is 12.1 Å². The number of benzene rings is 1. The molecule has 1 saturated heterocycles. The molecular weight excluding hydrogens is 384 g/mol. The summed E-state index contributed by atoms with van der Waals surface area (Å²) in [5, 5.41) is 2.94. The Morgan fingerprint density at radius 1 is 1.25 bits per heavy atom. The Hall–Kier alpha value is -2.98. The number of aromatic amines is 1. The number of carbonyl (C=O) groups is 1. The highest BCUT2D eigenvalue weighted by Crippen LogP contribution is 2.27. The lowest BCUT2D eigenvalue weighted by atomic mass is 10.2. The number of sulfonamides is 1. The third kappa shape index (κ3) is 3.20. The molecule has 0 spiro atoms. The number of nitrogens with zero attached hydrogens (tertiary/aromatic N) is 2. The Kier molecular flexibility index (Phi) is 4.52. The first-order chi connectivity index (χ1) is 13.4. The van der Waals surface area contributed by atoms with Gasteiger partial charge >= 0.3 is 0 Å². The van der Waals surface area contributed by atoms with Gasteiger partial charge in [-0.25, -0.2) is 13.4 Å². The normalized spacial score (nSPS) is 15.2. The topological polar surface area (TPSA) is 125 Å². The Morgan fingerprint density at radius 3 is 2.75 bits per heavy atom. The van der Waals surface area contributed by atoms with Gasteiger partial charge in [-0.15, -0.1) is 0 Å². The van der Waals surface area contributed by atoms with Crippen LogP contribution in [0.3, 0.4) is 0 Å². The molecule has 0 unspecified atom stereocenters. The van der Waals surface area contributed by atoms with Gasteiger partial charge in [0.05, 0.1) is 17.2 Å². The van der Waals surface area contributed by atoms with E-state index in [1.165, 1.54) is 29.7 Å². The molecule has 0 bridgehead atoms. The maximum atomic E-state index is 12.7. The summed E-state index contributed by atoms with van der Waals surface area (Å²) in [6, 6.07) is 5.95. The van der Waals surface area contributed by atoms with Crippen LogP contribution in [0.25, 0.3) is 10.9 Å². The van der Waals surface area contributed by atoms with Crippen molar-refractivity contribution in [3.05, 3.63) is 52.5 Å². The molecule has 0 atom stereocenters. The highest BCUT2D eigenvalue weighted by molar-refractivity contribution is 7.89. The van der Waals surface area contributed by atoms with Crippen LogP contribution in [-0.4, -0.2) is 41.7 Å². The van der Waals surface area contributed by atoms with Crippen molar-refractivity contribution in [3.8, 4) is 0 Å². The first-order valence-corrected chi connectivity index (χ1v) is 10.2. The second-order valence-electron chi connectivity index (χ2n) is 6.56. The molecule has 10 heteroatoms. The van der Waals surface area contributed by atoms with Crippen molar-refractivity contribution < 1.29 is 17.6 Å². The van der Waals surface area contributed by atoms with Crippen LogP contribution >= 0.6 is 0 Å². The largest absolute Gasteiger partial charge is 0.455 e. The number of anilines is 1. The standard InChI is InChI=1S/C18H18N4O5S/c1-11-16(28(25,26)22-6-2-3-7-22)9-15(27-11)18(24)21-12-4-5-14-13(8-12)17(23)20-10-19-14/h4-5,8-10H,2-3,6-7H2,1H3,(H,21,24)(H,19,20,23). The molecule has 4 rings (SSSR count). The highest BCUT2D eigenvalue weighted by atomic mass is 32.2. The number of nitrogens with one attached hydrogen (secondary N) is 2. The quantitative estimate of drug-likeness (QED) is 0.686. The minimum atomic E-state index is -3.68. The molecule has 2 aromatic heterocycles. The lowest BCUT2D eigenvalue weighted by Gasteiger charge is -2.14. The third-order valence-electron chi connectivity index (χ3n) is 4.68. The van der Waals surface area contributed by atoms with Gasteiger partial charge in [-0.3, -0.25) is 9.59 Å². The Balaban J connectivity index is 1.61. The summed E-state index contributed by atoms with van der Waals surface area (Å²) < 4.78 is 32.3. The lowest BCUT2D eigenvalue weighted by molar-refractivity contribution is 0.0995. The number of aromatic nitrogens is 2. The van der Waals surface area contributed by atoms with Gasteiger partial charge in [-0.05, 0) is 38.0 Å². The fourth-order valence-electron chi connectivity index (χ4n) is 3.24. The van der Waals surface area contributed by atoms with Crippen LogP contribution in [0.15, 0.2) is 44.7 Å². The fraction of sp³-hybridized carbons (Fsp3) is 0.278. The van der Waals surface area contributed by atoms with Gasteiger partial charge < -0.3 is 14.7 Å². The van der Waals surface area contributed by atoms with E-state index in [0.29, 0.717) is 29.7 Å². The minimum Gasteiger partial charge on any atom is -0.455 e. The van der Waals surface area contributed by atoms with Gasteiger partial charge in [0, 0.05) is 24.8 Å². The Bertz CT molecular complexity index is 1220. The molecule has 146 valence electrons. The van der Waals surface area contributed by atoms with Crippen LogP contribution < -0.4 is 10.9 Å². The Morgan fingerprint density at radius 2 is 2.00 bits per heavy atom. The highest BCUT2D eigenvalue weighted by Gasteiger charge is 2.31. The minimum absolute atomic E-state index is 0.00120. The summed E-state index contributed by atoms with van der Waals surface area (Å²) in [6.45, 7) is 2.45. The van der Waals surface area contributed by atoms with Crippen LogP contribution in [0.1, 0.15) is 29.2 Å². The average molecular weight is 402 g/mol. The maximum absolute atomic E-state index is 12.7. The number of fused-ring (bicyclic) bond motifs is 1. The van der Waals surface area contributed by atoms with Crippen molar-refractivity contribution in [1.82, 2.24) is 14.3 Å². The van der Waals surface area contributed by atoms with Crippen LogP contribution in [-0.2, 0) is 10.0 Å². The number of hydrogen-bond donors (Lipinski definition) is 2. The van der Waals surface area contributed by atoms with Crippen LogP contribution in [0.5, 0.6) is 0 Å². The molecule has 0 saturated carbocycles. The number of H-pyrrole nitrogens is 1. The smallest absolute Gasteiger partial charge is 0.291 e. The fourth-order valence-corrected chi connectivity index (χ4v) is 4.92. The second kappa shape index (κ2) is 6.88. The van der Waals surface area contributed by atoms with E-state index in [4.69, 9.17) is 4.42 Å². The zero-order valence-electron chi connectivity index (χ0n) is 15.1. The number of aryl methyl sites for hydroxylation is 1. The summed E-state index contributed by atoms with van der Waals surface area (Å²) in [5.74, 6) is -0.558. The predicted octanol–water partition coefficient (Wildman–Crippen LogP) is 1.86. The molecule has 0 radical (unpaired) electrons. The SMILES string of the molecule is Cc1oc(C(=O)Nc2ccc3nc[nH]c(=O)c3c2)cc1S(=O)(=O)N1CCCC1. The molecular formula is C18H18N4O5S. The van der Waals surface area contributed by atoms with Crippen molar-refractivity contribution in [1.29, 1.82) is 0 Å². The van der Waals surface area contributed by atoms with E-state index in [2.05, 4.69) is 15.3 Å². The molecule has 1 aliphatic rings. The van der Waals surface area contributed by atoms with Crippen molar-refractivity contribution in [2.24, 2.45) is 0 Å². The van der Waals surface area contributed by atoms with Crippen molar-refractivity contribution in [2.75, 3.05) is 18.4 Å². The van der Waals surface area contributed by atoms with E-state index < -0.39 is 15.9 Å². The van der Waals surface area contributed by atoms with Crippen LogP contribution in [0.2, 0.25) is 0 Å². The summed E-state index contributed by atoms with van der Waals surface area (Å²) in [6.07, 6.45) is 2.94. The van der Waals surface area contributed by atoms with Gasteiger partial charge in [0.2, 0.25) is 10.0 Å². The van der Waals surface area contributed by atoms with Gasteiger partial charge in [0.1, 0.15) is 10.7 Å².